The molecule has 1 unspecified atom stereocenters. The van der Waals surface area contributed by atoms with Gasteiger partial charge in [-0.25, -0.2) is 0 Å². The molecule has 2 aliphatic carbocycles. The molecule has 8 aromatic rings. The minimum Gasteiger partial charge on any atom is -0.256 e. The van der Waals surface area contributed by atoms with Gasteiger partial charge in [0.2, 0.25) is 0 Å². The number of fused-ring (bicyclic) bond motifs is 2. The maximum atomic E-state index is 4.85. The van der Waals surface area contributed by atoms with Gasteiger partial charge in [-0.05, 0) is 88.1 Å². The second-order valence-electron chi connectivity index (χ2n) is 9.85. The van der Waals surface area contributed by atoms with Crippen LogP contribution in [0.25, 0.3) is 87.7 Å². The predicted molar refractivity (Wildman–Crippen MR) is 141 cm³/mol. The number of allylic oxidation sites excluding steroid dienone is 2. The molecule has 0 N–H and O–H groups in total. The number of nitrogens with zero attached hydrogens (tertiary/aromatic N) is 1. The molecule has 1 heterocycles. The van der Waals surface area contributed by atoms with Crippen molar-refractivity contribution in [1.82, 2.24) is 4.98 Å². The Labute approximate surface area is 188 Å². The lowest BCUT2D eigenvalue weighted by Crippen LogP contribution is -2.07. The first-order chi connectivity index (χ1) is 16.4. The van der Waals surface area contributed by atoms with E-state index in [9.17, 15) is 0 Å². The summed E-state index contributed by atoms with van der Waals surface area (Å²) in [6.45, 7) is 0. The zero-order valence-electron chi connectivity index (χ0n) is 17.6. The van der Waals surface area contributed by atoms with Crippen LogP contribution in [0.2, 0.25) is 0 Å². The Morgan fingerprint density at radius 1 is 0.545 bits per heavy atom. The van der Waals surface area contributed by atoms with E-state index in [1.165, 1.54) is 86.7 Å². The molecule has 1 heteroatoms. The van der Waals surface area contributed by atoms with Crippen LogP contribution in [-0.2, 0) is 0 Å². The van der Waals surface area contributed by atoms with Crippen LogP contribution >= 0.6 is 0 Å². The molecule has 33 heavy (non-hydrogen) atoms. The quantitative estimate of drug-likeness (QED) is 0.179. The van der Waals surface area contributed by atoms with Crippen molar-refractivity contribution in [3.05, 3.63) is 89.6 Å². The average molecular weight is 413 g/mol. The maximum Gasteiger partial charge on any atom is 0.0720 e. The van der Waals surface area contributed by atoms with E-state index in [1.54, 1.807) is 0 Å². The normalized spacial score (nSPS) is 17.2. The first-order valence-electron chi connectivity index (χ1n) is 11.7. The van der Waals surface area contributed by atoms with Crippen molar-refractivity contribution < 1.29 is 0 Å². The number of benzene rings is 7. The van der Waals surface area contributed by atoms with Crippen LogP contribution in [0, 0.1) is 0 Å². The van der Waals surface area contributed by atoms with Crippen LogP contribution in [0.3, 0.4) is 0 Å². The van der Waals surface area contributed by atoms with Crippen LogP contribution in [0.4, 0.5) is 0 Å². The van der Waals surface area contributed by atoms with Gasteiger partial charge in [0.1, 0.15) is 0 Å². The summed E-state index contributed by atoms with van der Waals surface area (Å²) in [6.07, 6.45) is 11.4. The lowest BCUT2D eigenvalue weighted by molar-refractivity contribution is 1.11. The Balaban J connectivity index is 1.77. The van der Waals surface area contributed by atoms with Crippen molar-refractivity contribution in [2.75, 3.05) is 0 Å². The molecular weight excluding hydrogens is 398 g/mol. The summed E-state index contributed by atoms with van der Waals surface area (Å²) in [5.41, 5.74) is 5.31. The number of pyridine rings is 1. The summed E-state index contributed by atoms with van der Waals surface area (Å²) in [5, 5.41) is 18.1. The van der Waals surface area contributed by atoms with E-state index >= 15 is 0 Å². The third-order valence-corrected chi connectivity index (χ3v) is 8.51. The summed E-state index contributed by atoms with van der Waals surface area (Å²) in [5.74, 6) is 0.344. The van der Waals surface area contributed by atoms with E-state index in [0.29, 0.717) is 5.92 Å². The summed E-state index contributed by atoms with van der Waals surface area (Å²) >= 11 is 0. The minimum atomic E-state index is 0.344. The molecule has 10 rings (SSSR count). The van der Waals surface area contributed by atoms with Gasteiger partial charge in [-0.1, -0.05) is 66.8 Å². The predicted octanol–water partition coefficient (Wildman–Crippen LogP) is 8.60. The summed E-state index contributed by atoms with van der Waals surface area (Å²) < 4.78 is 0. The van der Waals surface area contributed by atoms with Crippen LogP contribution in [0.5, 0.6) is 0 Å². The first kappa shape index (κ1) is 15.6. The highest BCUT2D eigenvalue weighted by molar-refractivity contribution is 6.49. The van der Waals surface area contributed by atoms with Gasteiger partial charge >= 0.3 is 0 Å². The molecule has 7 aromatic carbocycles. The van der Waals surface area contributed by atoms with Crippen molar-refractivity contribution in [3.63, 3.8) is 0 Å². The molecule has 1 aromatic heterocycles. The second kappa shape index (κ2) is 4.74. The molecule has 0 bridgehead atoms. The zero-order chi connectivity index (χ0) is 21.0. The molecule has 0 saturated carbocycles. The molecule has 0 fully saturated rings. The van der Waals surface area contributed by atoms with E-state index in [1.807, 2.05) is 6.20 Å². The Morgan fingerprint density at radius 3 is 1.97 bits per heavy atom. The van der Waals surface area contributed by atoms with Crippen molar-refractivity contribution in [3.8, 4) is 0 Å². The van der Waals surface area contributed by atoms with E-state index in [4.69, 9.17) is 4.98 Å². The van der Waals surface area contributed by atoms with Crippen LogP contribution < -0.4 is 0 Å². The van der Waals surface area contributed by atoms with E-state index in [2.05, 4.69) is 78.9 Å². The Bertz CT molecular complexity index is 2080. The number of hydrogen-bond acceptors (Lipinski definition) is 1. The fourth-order valence-electron chi connectivity index (χ4n) is 7.36. The standard InChI is InChI=1S/C32H15N/c1-2-18-14-23-28-22(12-13-33-23)21-11-9-17-7-5-15-4-6-16-8-10-20-19(3-1)24(18)31(28)32-29(20)26(16)25(15)27(17)30(21)32/h1-15H. The van der Waals surface area contributed by atoms with Gasteiger partial charge in [0, 0.05) is 22.9 Å². The number of aromatic nitrogens is 1. The van der Waals surface area contributed by atoms with Crippen molar-refractivity contribution in [2.24, 2.45) is 0 Å². The summed E-state index contributed by atoms with van der Waals surface area (Å²) in [7, 11) is 0. The zero-order valence-corrected chi connectivity index (χ0v) is 17.6. The van der Waals surface area contributed by atoms with Gasteiger partial charge in [-0.2, -0.15) is 0 Å². The van der Waals surface area contributed by atoms with Gasteiger partial charge in [0.25, 0.3) is 0 Å². The Morgan fingerprint density at radius 2 is 1.21 bits per heavy atom. The number of rotatable bonds is 0. The third-order valence-electron chi connectivity index (χ3n) is 8.51. The maximum absolute atomic E-state index is 4.85. The summed E-state index contributed by atoms with van der Waals surface area (Å²) in [6, 6.07) is 20.7. The average Bonchev–Trinajstić information content (AvgIpc) is 2.87. The van der Waals surface area contributed by atoms with Crippen LogP contribution in [0.1, 0.15) is 22.6 Å². The molecular formula is C32H15N. The minimum absolute atomic E-state index is 0.344. The molecule has 0 amide bonds. The Hall–Kier alpha value is -4.23. The van der Waals surface area contributed by atoms with Crippen molar-refractivity contribution in [2.45, 2.75) is 5.92 Å². The highest BCUT2D eigenvalue weighted by Crippen LogP contribution is 2.55. The largest absolute Gasteiger partial charge is 0.256 e. The van der Waals surface area contributed by atoms with Crippen LogP contribution in [-0.4, -0.2) is 4.98 Å². The fraction of sp³-hybridized carbons (Fsp3) is 0.0312. The van der Waals surface area contributed by atoms with E-state index in [0.717, 1.165) is 5.52 Å². The molecule has 0 aliphatic heterocycles. The molecule has 0 spiro atoms. The molecule has 148 valence electrons. The smallest absolute Gasteiger partial charge is 0.0720 e. The molecule has 1 atom stereocenters. The SMILES string of the molecule is C1=CC2C=Cc3ccc4c5ccnc6cc7cccc8c9ccc1c1c2c3c4c(c19)c(c78)c65. The first-order valence-corrected chi connectivity index (χ1v) is 11.7. The van der Waals surface area contributed by atoms with Gasteiger partial charge in [-0.3, -0.25) is 4.98 Å². The third kappa shape index (κ3) is 1.48. The van der Waals surface area contributed by atoms with E-state index < -0.39 is 0 Å². The number of hydrogen-bond donors (Lipinski definition) is 0. The van der Waals surface area contributed by atoms with E-state index in [-0.39, 0.29) is 0 Å². The molecule has 0 radical (unpaired) electrons. The lowest BCUT2D eigenvalue weighted by atomic mass is 9.73. The van der Waals surface area contributed by atoms with Gasteiger partial charge in [0.05, 0.1) is 5.52 Å². The second-order valence-corrected chi connectivity index (χ2v) is 9.85. The fourth-order valence-corrected chi connectivity index (χ4v) is 7.36. The highest BCUT2D eigenvalue weighted by Gasteiger charge is 2.30. The van der Waals surface area contributed by atoms with Crippen LogP contribution in [0.15, 0.2) is 72.9 Å². The topological polar surface area (TPSA) is 12.9 Å². The van der Waals surface area contributed by atoms with Crippen molar-refractivity contribution >= 4 is 87.7 Å². The summed E-state index contributed by atoms with van der Waals surface area (Å²) in [4.78, 5) is 4.85. The Kier molecular flexibility index (Phi) is 2.24. The lowest BCUT2D eigenvalue weighted by Gasteiger charge is -2.30. The van der Waals surface area contributed by atoms with Gasteiger partial charge < -0.3 is 0 Å². The van der Waals surface area contributed by atoms with Gasteiger partial charge in [0.15, 0.2) is 0 Å². The monoisotopic (exact) mass is 413 g/mol. The molecule has 0 saturated heterocycles. The molecule has 2 aliphatic rings. The van der Waals surface area contributed by atoms with Crippen molar-refractivity contribution in [1.29, 1.82) is 0 Å². The molecule has 1 nitrogen and oxygen atoms in total. The van der Waals surface area contributed by atoms with Gasteiger partial charge in [-0.15, -0.1) is 0 Å². The highest BCUT2D eigenvalue weighted by atomic mass is 14.6.